The average molecular weight is 389 g/mol. The smallest absolute Gasteiger partial charge is 0.307 e. The molecule has 0 bridgehead atoms. The van der Waals surface area contributed by atoms with Crippen molar-refractivity contribution in [2.45, 2.75) is 4.90 Å². The quantitative estimate of drug-likeness (QED) is 0.259. The molecule has 3 N–H and O–H groups in total. The van der Waals surface area contributed by atoms with Gasteiger partial charge in [-0.1, -0.05) is 12.1 Å². The van der Waals surface area contributed by atoms with Crippen LogP contribution in [0.15, 0.2) is 53.4 Å². The highest BCUT2D eigenvalue weighted by Gasteiger charge is 2.11. The fourth-order valence-electron chi connectivity index (χ4n) is 2.11. The predicted octanol–water partition coefficient (Wildman–Crippen LogP) is 3.30. The van der Waals surface area contributed by atoms with E-state index in [4.69, 9.17) is 9.94 Å². The molecular weight excluding hydrogens is 374 g/mol. The van der Waals surface area contributed by atoms with Crippen LogP contribution in [0.2, 0.25) is 0 Å². The summed E-state index contributed by atoms with van der Waals surface area (Å²) in [5, 5.41) is 11.1. The molecule has 9 heteroatoms. The van der Waals surface area contributed by atoms with Crippen LogP contribution in [0.4, 0.5) is 4.79 Å². The number of aromatic nitrogens is 1. The van der Waals surface area contributed by atoms with E-state index in [1.54, 1.807) is 29.7 Å². The maximum atomic E-state index is 12.1. The number of ether oxygens (including phenoxy) is 1. The Morgan fingerprint density at radius 2 is 1.92 bits per heavy atom. The van der Waals surface area contributed by atoms with Crippen molar-refractivity contribution in [3.63, 3.8) is 0 Å². The number of hydrogen-bond acceptors (Lipinski definition) is 7. The van der Waals surface area contributed by atoms with Crippen molar-refractivity contribution in [2.75, 3.05) is 13.2 Å². The van der Waals surface area contributed by atoms with Crippen LogP contribution < -0.4 is 15.5 Å². The van der Waals surface area contributed by atoms with Crippen molar-refractivity contribution in [1.82, 2.24) is 15.8 Å². The molecule has 0 aliphatic carbocycles. The minimum absolute atomic E-state index is 0.225. The van der Waals surface area contributed by atoms with Gasteiger partial charge >= 0.3 is 5.24 Å². The van der Waals surface area contributed by atoms with Gasteiger partial charge in [0.05, 0.1) is 16.8 Å². The van der Waals surface area contributed by atoms with Gasteiger partial charge < -0.3 is 10.1 Å². The summed E-state index contributed by atoms with van der Waals surface area (Å²) in [6, 6.07) is 14.4. The lowest BCUT2D eigenvalue weighted by molar-refractivity contribution is 0.0947. The first-order chi connectivity index (χ1) is 12.7. The fourth-order valence-corrected chi connectivity index (χ4v) is 3.53. The zero-order chi connectivity index (χ0) is 18.4. The number of nitrogens with one attached hydrogen (secondary N) is 2. The van der Waals surface area contributed by atoms with Gasteiger partial charge in [-0.2, -0.15) is 0 Å². The number of carbonyl (C=O) groups excluding carboxylic acids is 2. The number of fused-ring (bicyclic) bond motifs is 1. The number of hydrogen-bond donors (Lipinski definition) is 3. The summed E-state index contributed by atoms with van der Waals surface area (Å²) in [5.74, 6) is 0.393. The summed E-state index contributed by atoms with van der Waals surface area (Å²) in [5.41, 5.74) is 2.36. The van der Waals surface area contributed by atoms with Crippen LogP contribution in [0.5, 0.6) is 5.75 Å². The number of benzene rings is 2. The number of rotatable bonds is 6. The van der Waals surface area contributed by atoms with E-state index in [2.05, 4.69) is 10.3 Å². The molecule has 1 heterocycles. The number of para-hydroxylation sites is 1. The van der Waals surface area contributed by atoms with Crippen LogP contribution in [-0.2, 0) is 0 Å². The van der Waals surface area contributed by atoms with Crippen molar-refractivity contribution in [2.24, 2.45) is 0 Å². The summed E-state index contributed by atoms with van der Waals surface area (Å²) in [4.78, 5) is 28.1. The van der Waals surface area contributed by atoms with E-state index in [0.717, 1.165) is 22.0 Å². The van der Waals surface area contributed by atoms with Crippen LogP contribution in [0.25, 0.3) is 10.2 Å². The first kappa shape index (κ1) is 18.2. The third-order valence-corrected chi connectivity index (χ3v) is 5.09. The van der Waals surface area contributed by atoms with Crippen LogP contribution >= 0.6 is 23.1 Å². The highest BCUT2D eigenvalue weighted by molar-refractivity contribution is 8.13. The summed E-state index contributed by atoms with van der Waals surface area (Å²) >= 11 is 2.22. The van der Waals surface area contributed by atoms with Gasteiger partial charge in [-0.05, 0) is 48.2 Å². The Morgan fingerprint density at radius 3 is 2.65 bits per heavy atom. The van der Waals surface area contributed by atoms with E-state index in [1.807, 2.05) is 24.3 Å². The second-order valence-electron chi connectivity index (χ2n) is 5.06. The van der Waals surface area contributed by atoms with Crippen LogP contribution in [0.3, 0.4) is 0 Å². The van der Waals surface area contributed by atoms with E-state index >= 15 is 0 Å². The maximum absolute atomic E-state index is 12.1. The molecule has 0 aliphatic heterocycles. The Bertz CT molecular complexity index is 879. The number of nitrogens with zero attached hydrogens (tertiary/aromatic N) is 1. The third kappa shape index (κ3) is 4.72. The molecule has 3 rings (SSSR count). The molecule has 0 radical (unpaired) electrons. The van der Waals surface area contributed by atoms with Crippen molar-refractivity contribution < 1.29 is 19.5 Å². The molecule has 0 fully saturated rings. The Labute approximate surface area is 157 Å². The van der Waals surface area contributed by atoms with Crippen molar-refractivity contribution >= 4 is 44.5 Å². The van der Waals surface area contributed by atoms with Gasteiger partial charge in [-0.15, -0.1) is 11.3 Å². The lowest BCUT2D eigenvalue weighted by Crippen LogP contribution is -2.27. The molecule has 0 aliphatic rings. The molecule has 7 nitrogen and oxygen atoms in total. The number of carbonyl (C=O) groups is 2. The zero-order valence-electron chi connectivity index (χ0n) is 13.5. The van der Waals surface area contributed by atoms with E-state index in [0.29, 0.717) is 28.8 Å². The monoisotopic (exact) mass is 389 g/mol. The van der Waals surface area contributed by atoms with Gasteiger partial charge in [0.1, 0.15) is 12.4 Å². The van der Waals surface area contributed by atoms with Gasteiger partial charge in [0, 0.05) is 4.90 Å². The van der Waals surface area contributed by atoms with E-state index in [-0.39, 0.29) is 5.91 Å². The molecule has 0 saturated heterocycles. The standard InChI is InChI=1S/C17H15N3O4S2/c21-15(16-19-13-3-1-2-4-14(13)26-16)18-9-10-24-11-5-7-12(8-6-11)25-17(22)20-23/h1-8,23H,9-10H2,(H,18,21)(H,20,22). The van der Waals surface area contributed by atoms with Crippen molar-refractivity contribution in [3.05, 3.63) is 53.5 Å². The fraction of sp³-hybridized carbons (Fsp3) is 0.118. The highest BCUT2D eigenvalue weighted by Crippen LogP contribution is 2.22. The average Bonchev–Trinajstić information content (AvgIpc) is 3.10. The van der Waals surface area contributed by atoms with Gasteiger partial charge in [-0.25, -0.2) is 10.5 Å². The number of amides is 2. The summed E-state index contributed by atoms with van der Waals surface area (Å²) < 4.78 is 6.52. The normalized spacial score (nSPS) is 10.5. The summed E-state index contributed by atoms with van der Waals surface area (Å²) in [7, 11) is 0. The summed E-state index contributed by atoms with van der Waals surface area (Å²) in [6.07, 6.45) is 0. The lowest BCUT2D eigenvalue weighted by atomic mass is 10.3. The van der Waals surface area contributed by atoms with Crippen LogP contribution in [-0.4, -0.2) is 34.5 Å². The molecule has 2 aromatic carbocycles. The number of thiazole rings is 1. The molecule has 0 spiro atoms. The Balaban J connectivity index is 1.44. The molecule has 26 heavy (non-hydrogen) atoms. The molecule has 2 amide bonds. The van der Waals surface area contributed by atoms with E-state index < -0.39 is 5.24 Å². The molecule has 0 saturated carbocycles. The topological polar surface area (TPSA) is 101 Å². The Hall–Kier alpha value is -2.62. The zero-order valence-corrected chi connectivity index (χ0v) is 15.1. The van der Waals surface area contributed by atoms with E-state index in [9.17, 15) is 9.59 Å². The van der Waals surface area contributed by atoms with Gasteiger partial charge in [0.15, 0.2) is 5.01 Å². The SMILES string of the molecule is O=C(NO)Sc1ccc(OCCNC(=O)c2nc3ccccc3s2)cc1. The number of thioether (sulfide) groups is 1. The summed E-state index contributed by atoms with van der Waals surface area (Å²) in [6.45, 7) is 0.651. The lowest BCUT2D eigenvalue weighted by Gasteiger charge is -2.07. The van der Waals surface area contributed by atoms with Gasteiger partial charge in [0.25, 0.3) is 5.91 Å². The maximum Gasteiger partial charge on any atom is 0.307 e. The minimum Gasteiger partial charge on any atom is -0.492 e. The first-order valence-corrected chi connectivity index (χ1v) is 9.27. The highest BCUT2D eigenvalue weighted by atomic mass is 32.2. The van der Waals surface area contributed by atoms with Crippen molar-refractivity contribution in [1.29, 1.82) is 0 Å². The van der Waals surface area contributed by atoms with Crippen LogP contribution in [0, 0.1) is 0 Å². The first-order valence-electron chi connectivity index (χ1n) is 7.64. The second-order valence-corrected chi connectivity index (χ2v) is 7.14. The largest absolute Gasteiger partial charge is 0.492 e. The van der Waals surface area contributed by atoms with Gasteiger partial charge in [-0.3, -0.25) is 14.8 Å². The predicted molar refractivity (Wildman–Crippen MR) is 100 cm³/mol. The van der Waals surface area contributed by atoms with Crippen molar-refractivity contribution in [3.8, 4) is 5.75 Å². The number of hydroxylamine groups is 1. The van der Waals surface area contributed by atoms with Crippen LogP contribution in [0.1, 0.15) is 9.80 Å². The minimum atomic E-state index is -0.559. The molecular formula is C17H15N3O4S2. The molecule has 134 valence electrons. The van der Waals surface area contributed by atoms with Gasteiger partial charge in [0.2, 0.25) is 0 Å². The second kappa shape index (κ2) is 8.65. The molecule has 0 unspecified atom stereocenters. The molecule has 0 atom stereocenters. The van der Waals surface area contributed by atoms with E-state index in [1.165, 1.54) is 11.3 Å². The Kier molecular flexibility index (Phi) is 6.05. The molecule has 3 aromatic rings. The third-order valence-electron chi connectivity index (χ3n) is 3.27. The Morgan fingerprint density at radius 1 is 1.15 bits per heavy atom. The molecule has 1 aromatic heterocycles.